The fourth-order valence-corrected chi connectivity index (χ4v) is 2.74. The molecule has 108 valence electrons. The first-order chi connectivity index (χ1) is 9.79. The molecule has 0 bridgehead atoms. The van der Waals surface area contributed by atoms with Gasteiger partial charge in [-0.2, -0.15) is 5.10 Å². The minimum atomic E-state index is 0.488. The van der Waals surface area contributed by atoms with E-state index in [-0.39, 0.29) is 0 Å². The molecule has 1 aliphatic rings. The molecule has 20 heavy (non-hydrogen) atoms. The summed E-state index contributed by atoms with van der Waals surface area (Å²) >= 11 is 0. The predicted molar refractivity (Wildman–Crippen MR) is 80.0 cm³/mol. The lowest BCUT2D eigenvalue weighted by atomic mass is 10.1. The average Bonchev–Trinajstić information content (AvgIpc) is 2.87. The van der Waals surface area contributed by atoms with E-state index < -0.39 is 0 Å². The Hall–Kier alpha value is -1.62. The molecule has 0 unspecified atom stereocenters. The van der Waals surface area contributed by atoms with E-state index in [0.29, 0.717) is 6.04 Å². The largest absolute Gasteiger partial charge is 0.381 e. The van der Waals surface area contributed by atoms with E-state index in [9.17, 15) is 0 Å². The van der Waals surface area contributed by atoms with Gasteiger partial charge in [-0.05, 0) is 31.7 Å². The molecule has 0 saturated carbocycles. The fourth-order valence-electron chi connectivity index (χ4n) is 2.74. The van der Waals surface area contributed by atoms with E-state index in [0.717, 1.165) is 50.1 Å². The summed E-state index contributed by atoms with van der Waals surface area (Å²) in [7, 11) is 0. The maximum Gasteiger partial charge on any atom is 0.159 e. The van der Waals surface area contributed by atoms with Crippen LogP contribution >= 0.6 is 0 Å². The summed E-state index contributed by atoms with van der Waals surface area (Å²) in [5.74, 6) is 0. The summed E-state index contributed by atoms with van der Waals surface area (Å²) in [4.78, 5) is 4.55. The van der Waals surface area contributed by atoms with Crippen molar-refractivity contribution in [3.63, 3.8) is 0 Å². The van der Waals surface area contributed by atoms with E-state index in [1.807, 2.05) is 17.1 Å². The van der Waals surface area contributed by atoms with Crippen LogP contribution in [-0.4, -0.2) is 34.0 Å². The number of aromatic nitrogens is 3. The maximum absolute atomic E-state index is 5.42. The van der Waals surface area contributed by atoms with Crippen LogP contribution in [0.1, 0.15) is 31.7 Å². The summed E-state index contributed by atoms with van der Waals surface area (Å²) in [6.07, 6.45) is 7.07. The van der Waals surface area contributed by atoms with Gasteiger partial charge < -0.3 is 10.1 Å². The smallest absolute Gasteiger partial charge is 0.159 e. The first kappa shape index (κ1) is 13.4. The van der Waals surface area contributed by atoms with Crippen molar-refractivity contribution in [2.45, 2.75) is 45.7 Å². The molecule has 0 aromatic carbocycles. The van der Waals surface area contributed by atoms with E-state index in [1.54, 1.807) is 0 Å². The van der Waals surface area contributed by atoms with Gasteiger partial charge in [0.15, 0.2) is 5.65 Å². The summed E-state index contributed by atoms with van der Waals surface area (Å²) < 4.78 is 7.41. The van der Waals surface area contributed by atoms with E-state index in [2.05, 4.69) is 29.2 Å². The van der Waals surface area contributed by atoms with Gasteiger partial charge in [-0.3, -0.25) is 0 Å². The van der Waals surface area contributed by atoms with E-state index in [4.69, 9.17) is 4.74 Å². The topological polar surface area (TPSA) is 52.0 Å². The van der Waals surface area contributed by atoms with Gasteiger partial charge in [-0.25, -0.2) is 9.67 Å². The highest BCUT2D eigenvalue weighted by Gasteiger charge is 2.17. The zero-order chi connectivity index (χ0) is 13.9. The molecular weight excluding hydrogens is 252 g/mol. The molecule has 0 atom stereocenters. The molecule has 5 heteroatoms. The maximum atomic E-state index is 5.42. The van der Waals surface area contributed by atoms with E-state index in [1.165, 1.54) is 11.3 Å². The van der Waals surface area contributed by atoms with E-state index >= 15 is 0 Å². The number of hydrogen-bond donors (Lipinski definition) is 1. The Morgan fingerprint density at radius 1 is 1.35 bits per heavy atom. The molecule has 1 aliphatic heterocycles. The number of anilines is 1. The molecule has 3 rings (SSSR count). The summed E-state index contributed by atoms with van der Waals surface area (Å²) in [6, 6.07) is 0.488. The lowest BCUT2D eigenvalue weighted by molar-refractivity contribution is 0.0904. The minimum absolute atomic E-state index is 0.488. The molecule has 0 amide bonds. The van der Waals surface area contributed by atoms with Crippen molar-refractivity contribution in [1.82, 2.24) is 14.8 Å². The highest BCUT2D eigenvalue weighted by atomic mass is 16.5. The Bertz CT molecular complexity index is 587. The van der Waals surface area contributed by atoms with Crippen LogP contribution in [0.2, 0.25) is 0 Å². The van der Waals surface area contributed by atoms with Gasteiger partial charge in [-0.1, -0.05) is 6.92 Å². The number of rotatable bonds is 4. The molecule has 3 heterocycles. The molecule has 2 aromatic rings. The third-order valence-corrected chi connectivity index (χ3v) is 3.86. The molecule has 1 N–H and O–H groups in total. The SMILES string of the molecule is CCCn1ncc2c(NC3CCOCC3)c(C)cnc21. The van der Waals surface area contributed by atoms with Gasteiger partial charge in [0.05, 0.1) is 17.3 Å². The van der Waals surface area contributed by atoms with Gasteiger partial charge in [0.25, 0.3) is 0 Å². The van der Waals surface area contributed by atoms with Gasteiger partial charge >= 0.3 is 0 Å². The highest BCUT2D eigenvalue weighted by molar-refractivity contribution is 5.90. The first-order valence-electron chi connectivity index (χ1n) is 7.45. The second-order valence-electron chi connectivity index (χ2n) is 5.45. The average molecular weight is 274 g/mol. The Labute approximate surface area is 119 Å². The molecular formula is C15H22N4O. The molecule has 1 fully saturated rings. The van der Waals surface area contributed by atoms with Crippen LogP contribution < -0.4 is 5.32 Å². The zero-order valence-electron chi connectivity index (χ0n) is 12.2. The second-order valence-corrected chi connectivity index (χ2v) is 5.45. The molecule has 0 radical (unpaired) electrons. The Balaban J connectivity index is 1.93. The van der Waals surface area contributed by atoms with Gasteiger partial charge in [0.1, 0.15) is 0 Å². The lowest BCUT2D eigenvalue weighted by Crippen LogP contribution is -2.28. The third-order valence-electron chi connectivity index (χ3n) is 3.86. The van der Waals surface area contributed by atoms with Crippen molar-refractivity contribution >= 4 is 16.7 Å². The Morgan fingerprint density at radius 3 is 2.90 bits per heavy atom. The Kier molecular flexibility index (Phi) is 3.87. The minimum Gasteiger partial charge on any atom is -0.381 e. The molecule has 2 aromatic heterocycles. The number of hydrogen-bond acceptors (Lipinski definition) is 4. The number of pyridine rings is 1. The zero-order valence-corrected chi connectivity index (χ0v) is 12.2. The Morgan fingerprint density at radius 2 is 2.15 bits per heavy atom. The van der Waals surface area contributed by atoms with Crippen LogP contribution in [0.5, 0.6) is 0 Å². The van der Waals surface area contributed by atoms with Crippen LogP contribution in [-0.2, 0) is 11.3 Å². The number of ether oxygens (including phenoxy) is 1. The van der Waals surface area contributed by atoms with Crippen molar-refractivity contribution in [1.29, 1.82) is 0 Å². The van der Waals surface area contributed by atoms with Crippen molar-refractivity contribution in [3.8, 4) is 0 Å². The van der Waals surface area contributed by atoms with Gasteiger partial charge in [0.2, 0.25) is 0 Å². The number of aryl methyl sites for hydroxylation is 2. The fraction of sp³-hybridized carbons (Fsp3) is 0.600. The summed E-state index contributed by atoms with van der Waals surface area (Å²) in [5, 5.41) is 9.27. The lowest BCUT2D eigenvalue weighted by Gasteiger charge is -2.25. The first-order valence-corrected chi connectivity index (χ1v) is 7.45. The van der Waals surface area contributed by atoms with Crippen LogP contribution in [0, 0.1) is 6.92 Å². The van der Waals surface area contributed by atoms with Crippen LogP contribution in [0.25, 0.3) is 11.0 Å². The van der Waals surface area contributed by atoms with Crippen molar-refractivity contribution in [2.24, 2.45) is 0 Å². The summed E-state index contributed by atoms with van der Waals surface area (Å²) in [6.45, 7) is 6.87. The van der Waals surface area contributed by atoms with Crippen molar-refractivity contribution in [2.75, 3.05) is 18.5 Å². The number of fused-ring (bicyclic) bond motifs is 1. The van der Waals surface area contributed by atoms with Crippen LogP contribution in [0.4, 0.5) is 5.69 Å². The van der Waals surface area contributed by atoms with Crippen molar-refractivity contribution in [3.05, 3.63) is 18.0 Å². The summed E-state index contributed by atoms with van der Waals surface area (Å²) in [5.41, 5.74) is 3.34. The van der Waals surface area contributed by atoms with Crippen LogP contribution in [0.3, 0.4) is 0 Å². The molecule has 1 saturated heterocycles. The molecule has 0 aliphatic carbocycles. The number of nitrogens with one attached hydrogen (secondary N) is 1. The number of nitrogens with zero attached hydrogens (tertiary/aromatic N) is 3. The third kappa shape index (κ3) is 2.50. The normalized spacial score (nSPS) is 16.7. The quantitative estimate of drug-likeness (QED) is 0.931. The second kappa shape index (κ2) is 5.79. The van der Waals surface area contributed by atoms with Crippen molar-refractivity contribution < 1.29 is 4.74 Å². The predicted octanol–water partition coefficient (Wildman–Crippen LogP) is 2.74. The highest BCUT2D eigenvalue weighted by Crippen LogP contribution is 2.27. The monoisotopic (exact) mass is 274 g/mol. The van der Waals surface area contributed by atoms with Crippen LogP contribution in [0.15, 0.2) is 12.4 Å². The van der Waals surface area contributed by atoms with Gasteiger partial charge in [-0.15, -0.1) is 0 Å². The molecule has 5 nitrogen and oxygen atoms in total. The molecule has 0 spiro atoms. The standard InChI is InChI=1S/C15H22N4O/c1-3-6-19-15-13(10-17-19)14(11(2)9-16-15)18-12-4-7-20-8-5-12/h9-10,12H,3-8H2,1-2H3,(H,16,18). The van der Waals surface area contributed by atoms with Gasteiger partial charge in [0, 0.05) is 32.0 Å².